The van der Waals surface area contributed by atoms with Gasteiger partial charge in [0.05, 0.1) is 13.7 Å². The standard InChI is InChI=1S/C19H33N3O3S/c1-5-25-14-6-12-20-19(21-13-11-16(2)26(4)23)22-15-17-7-9-18(24-3)10-8-17/h7-10,16H,5-6,11-15H2,1-4H3,(H2,20,21,22). The first-order valence-corrected chi connectivity index (χ1v) is 10.7. The van der Waals surface area contributed by atoms with E-state index < -0.39 is 10.8 Å². The van der Waals surface area contributed by atoms with E-state index in [9.17, 15) is 4.21 Å². The fraction of sp³-hybridized carbons (Fsp3) is 0.632. The summed E-state index contributed by atoms with van der Waals surface area (Å²) in [5, 5.41) is 6.83. The minimum atomic E-state index is -0.800. The Kier molecular flexibility index (Phi) is 11.7. The van der Waals surface area contributed by atoms with Crippen molar-refractivity contribution in [2.45, 2.75) is 38.5 Å². The molecule has 0 saturated carbocycles. The van der Waals surface area contributed by atoms with E-state index in [0.717, 1.165) is 56.4 Å². The van der Waals surface area contributed by atoms with Crippen LogP contribution in [0.15, 0.2) is 29.3 Å². The number of guanidine groups is 1. The topological polar surface area (TPSA) is 71.9 Å². The van der Waals surface area contributed by atoms with E-state index in [-0.39, 0.29) is 5.25 Å². The summed E-state index contributed by atoms with van der Waals surface area (Å²) >= 11 is 0. The Morgan fingerprint density at radius 1 is 1.23 bits per heavy atom. The number of aliphatic imine (C=N–C) groups is 1. The lowest BCUT2D eigenvalue weighted by Gasteiger charge is -2.14. The second-order valence-electron chi connectivity index (χ2n) is 6.01. The molecule has 0 saturated heterocycles. The zero-order chi connectivity index (χ0) is 19.2. The van der Waals surface area contributed by atoms with Crippen LogP contribution in [0.5, 0.6) is 5.75 Å². The largest absolute Gasteiger partial charge is 0.497 e. The molecule has 2 atom stereocenters. The van der Waals surface area contributed by atoms with Crippen LogP contribution in [-0.2, 0) is 22.1 Å². The van der Waals surface area contributed by atoms with Crippen LogP contribution in [-0.4, -0.2) is 55.1 Å². The second kappa shape index (κ2) is 13.6. The van der Waals surface area contributed by atoms with Gasteiger partial charge < -0.3 is 20.1 Å². The molecule has 0 amide bonds. The first-order valence-electron chi connectivity index (χ1n) is 9.11. The van der Waals surface area contributed by atoms with Gasteiger partial charge in [0.2, 0.25) is 0 Å². The van der Waals surface area contributed by atoms with E-state index >= 15 is 0 Å². The van der Waals surface area contributed by atoms with Crippen molar-refractivity contribution in [3.05, 3.63) is 29.8 Å². The van der Waals surface area contributed by atoms with Crippen molar-refractivity contribution in [2.24, 2.45) is 4.99 Å². The maximum absolute atomic E-state index is 11.5. The summed E-state index contributed by atoms with van der Waals surface area (Å²) in [6, 6.07) is 7.89. The zero-order valence-corrected chi connectivity index (χ0v) is 17.2. The summed E-state index contributed by atoms with van der Waals surface area (Å²) in [4.78, 5) is 4.65. The van der Waals surface area contributed by atoms with Crippen molar-refractivity contribution >= 4 is 16.8 Å². The Bertz CT molecular complexity index is 549. The van der Waals surface area contributed by atoms with Gasteiger partial charge in [-0.25, -0.2) is 4.99 Å². The molecule has 1 aromatic carbocycles. The third kappa shape index (κ3) is 9.77. The lowest BCUT2D eigenvalue weighted by atomic mass is 10.2. The van der Waals surface area contributed by atoms with Crippen LogP contribution in [0.25, 0.3) is 0 Å². The molecule has 2 unspecified atom stereocenters. The number of benzene rings is 1. The number of ether oxygens (including phenoxy) is 2. The van der Waals surface area contributed by atoms with Crippen molar-refractivity contribution in [3.8, 4) is 5.75 Å². The molecule has 0 aliphatic rings. The first-order chi connectivity index (χ1) is 12.6. The molecule has 0 radical (unpaired) electrons. The molecule has 0 spiro atoms. The van der Waals surface area contributed by atoms with Gasteiger partial charge in [0.15, 0.2) is 5.96 Å². The molecule has 0 aliphatic carbocycles. The highest BCUT2D eigenvalue weighted by Gasteiger charge is 2.06. The van der Waals surface area contributed by atoms with Crippen LogP contribution in [0.1, 0.15) is 32.3 Å². The Morgan fingerprint density at radius 3 is 2.54 bits per heavy atom. The average Bonchev–Trinajstić information content (AvgIpc) is 2.65. The fourth-order valence-electron chi connectivity index (χ4n) is 2.16. The van der Waals surface area contributed by atoms with E-state index in [1.807, 2.05) is 38.1 Å². The van der Waals surface area contributed by atoms with Crippen LogP contribution in [0.2, 0.25) is 0 Å². The zero-order valence-electron chi connectivity index (χ0n) is 16.4. The molecule has 148 valence electrons. The minimum absolute atomic E-state index is 0.170. The van der Waals surface area contributed by atoms with Gasteiger partial charge in [0.25, 0.3) is 0 Å². The van der Waals surface area contributed by atoms with Crippen LogP contribution in [0, 0.1) is 0 Å². The van der Waals surface area contributed by atoms with E-state index in [4.69, 9.17) is 9.47 Å². The summed E-state index contributed by atoms with van der Waals surface area (Å²) in [6.07, 6.45) is 3.51. The van der Waals surface area contributed by atoms with Crippen LogP contribution in [0.3, 0.4) is 0 Å². The lowest BCUT2D eigenvalue weighted by molar-refractivity contribution is 0.145. The van der Waals surface area contributed by atoms with Crippen molar-refractivity contribution in [3.63, 3.8) is 0 Å². The average molecular weight is 384 g/mol. The highest BCUT2D eigenvalue weighted by Crippen LogP contribution is 2.11. The number of rotatable bonds is 12. The van der Waals surface area contributed by atoms with Crippen LogP contribution < -0.4 is 15.4 Å². The Labute approximate surface area is 160 Å². The Hall–Kier alpha value is -1.60. The van der Waals surface area contributed by atoms with E-state index in [1.54, 1.807) is 13.4 Å². The Morgan fingerprint density at radius 2 is 1.92 bits per heavy atom. The maximum Gasteiger partial charge on any atom is 0.191 e. The predicted molar refractivity (Wildman–Crippen MR) is 109 cm³/mol. The lowest BCUT2D eigenvalue weighted by Crippen LogP contribution is -2.39. The molecule has 1 aromatic rings. The third-order valence-electron chi connectivity index (χ3n) is 3.95. The molecule has 1 rings (SSSR count). The molecule has 0 heterocycles. The molecule has 0 bridgehead atoms. The third-order valence-corrected chi connectivity index (χ3v) is 5.32. The van der Waals surface area contributed by atoms with Crippen molar-refractivity contribution in [1.82, 2.24) is 10.6 Å². The van der Waals surface area contributed by atoms with Crippen molar-refractivity contribution in [1.29, 1.82) is 0 Å². The monoisotopic (exact) mass is 383 g/mol. The summed E-state index contributed by atoms with van der Waals surface area (Å²) < 4.78 is 22.0. The summed E-state index contributed by atoms with van der Waals surface area (Å²) in [5.41, 5.74) is 1.12. The smallest absolute Gasteiger partial charge is 0.191 e. The number of nitrogens with one attached hydrogen (secondary N) is 2. The molecular formula is C19H33N3O3S. The SMILES string of the molecule is CCOCCCNC(=NCc1ccc(OC)cc1)NCCC(C)S(C)=O. The second-order valence-corrected chi connectivity index (χ2v) is 7.82. The molecule has 0 aliphatic heterocycles. The number of nitrogens with zero attached hydrogens (tertiary/aromatic N) is 1. The fourth-order valence-corrected chi connectivity index (χ4v) is 2.61. The van der Waals surface area contributed by atoms with Crippen molar-refractivity contribution < 1.29 is 13.7 Å². The van der Waals surface area contributed by atoms with E-state index in [0.29, 0.717) is 6.54 Å². The van der Waals surface area contributed by atoms with Gasteiger partial charge in [-0.15, -0.1) is 0 Å². The van der Waals surface area contributed by atoms with Gasteiger partial charge in [-0.05, 0) is 37.5 Å². The van der Waals surface area contributed by atoms with E-state index in [2.05, 4.69) is 15.6 Å². The van der Waals surface area contributed by atoms with Crippen LogP contribution in [0.4, 0.5) is 0 Å². The van der Waals surface area contributed by atoms with Gasteiger partial charge in [0.1, 0.15) is 5.75 Å². The molecule has 26 heavy (non-hydrogen) atoms. The molecule has 7 heteroatoms. The minimum Gasteiger partial charge on any atom is -0.497 e. The van der Waals surface area contributed by atoms with Gasteiger partial charge in [0, 0.05) is 48.6 Å². The molecule has 0 aromatic heterocycles. The molecule has 2 N–H and O–H groups in total. The van der Waals surface area contributed by atoms with Gasteiger partial charge in [-0.2, -0.15) is 0 Å². The highest BCUT2D eigenvalue weighted by atomic mass is 32.2. The van der Waals surface area contributed by atoms with Gasteiger partial charge in [-0.1, -0.05) is 19.1 Å². The number of methoxy groups -OCH3 is 1. The maximum atomic E-state index is 11.5. The first kappa shape index (κ1) is 22.4. The van der Waals surface area contributed by atoms with Gasteiger partial charge in [-0.3, -0.25) is 4.21 Å². The molecule has 0 fully saturated rings. The molecular weight excluding hydrogens is 350 g/mol. The quantitative estimate of drug-likeness (QED) is 0.329. The predicted octanol–water partition coefficient (Wildman–Crippen LogP) is 2.31. The number of hydrogen-bond acceptors (Lipinski definition) is 4. The summed E-state index contributed by atoms with van der Waals surface area (Å²) in [6.45, 7) is 7.59. The normalized spacial score (nSPS) is 13.9. The van der Waals surface area contributed by atoms with Crippen molar-refractivity contribution in [2.75, 3.05) is 39.7 Å². The van der Waals surface area contributed by atoms with E-state index in [1.165, 1.54) is 0 Å². The Balaban J connectivity index is 2.54. The molecule has 6 nitrogen and oxygen atoms in total. The number of hydrogen-bond donors (Lipinski definition) is 2. The summed E-state index contributed by atoms with van der Waals surface area (Å²) in [7, 11) is 0.859. The van der Waals surface area contributed by atoms with Gasteiger partial charge >= 0.3 is 0 Å². The summed E-state index contributed by atoms with van der Waals surface area (Å²) in [5.74, 6) is 1.61. The van der Waals surface area contributed by atoms with Crippen LogP contribution >= 0.6 is 0 Å². The highest BCUT2D eigenvalue weighted by molar-refractivity contribution is 7.84.